The number of amides is 5. The normalized spacial score (nSPS) is 13.4. The second-order valence-electron chi connectivity index (χ2n) is 14.3. The van der Waals surface area contributed by atoms with Gasteiger partial charge >= 0.3 is 0 Å². The molecule has 17 N–H and O–H groups in total. The first kappa shape index (κ1) is 48.0. The van der Waals surface area contributed by atoms with E-state index >= 15 is 0 Å². The molecule has 0 bridgehead atoms. The molecule has 0 aliphatic carbocycles. The highest BCUT2D eigenvalue weighted by Crippen LogP contribution is 2.15. The molecular formula is C40H59N13O7. The number of hydrogen-bond donors (Lipinski definition) is 12. The molecule has 0 radical (unpaired) electrons. The van der Waals surface area contributed by atoms with Crippen molar-refractivity contribution >= 4 is 41.3 Å². The van der Waals surface area contributed by atoms with Gasteiger partial charge in [-0.05, 0) is 61.9 Å². The molecule has 3 rings (SSSR count). The Morgan fingerprint density at radius 2 is 1.42 bits per heavy atom. The zero-order valence-corrected chi connectivity index (χ0v) is 33.6. The van der Waals surface area contributed by atoms with Gasteiger partial charge in [-0.15, -0.1) is 0 Å². The summed E-state index contributed by atoms with van der Waals surface area (Å²) < 4.78 is 0. The van der Waals surface area contributed by atoms with Crippen molar-refractivity contribution in [3.8, 4) is 5.75 Å². The third kappa shape index (κ3) is 18.0. The van der Waals surface area contributed by atoms with E-state index in [0.717, 1.165) is 5.56 Å². The van der Waals surface area contributed by atoms with Crippen molar-refractivity contribution in [2.75, 3.05) is 26.2 Å². The van der Waals surface area contributed by atoms with Crippen molar-refractivity contribution in [2.24, 2.45) is 33.7 Å². The molecule has 326 valence electrons. The third-order valence-corrected chi connectivity index (χ3v) is 9.35. The number of aliphatic imine (C=N–C) groups is 1. The molecule has 0 spiro atoms. The van der Waals surface area contributed by atoms with Crippen LogP contribution in [0.25, 0.3) is 0 Å². The molecule has 20 nitrogen and oxygen atoms in total. The number of nitrogens with zero attached hydrogens (tertiary/aromatic N) is 2. The summed E-state index contributed by atoms with van der Waals surface area (Å²) in [6.45, 7) is -0.170. The lowest BCUT2D eigenvalue weighted by atomic mass is 9.95. The van der Waals surface area contributed by atoms with E-state index in [4.69, 9.17) is 28.7 Å². The fraction of sp³-hybridized carbons (Fsp3) is 0.450. The molecule has 0 saturated carbocycles. The summed E-state index contributed by atoms with van der Waals surface area (Å²) in [6.07, 6.45) is 4.83. The van der Waals surface area contributed by atoms with Crippen molar-refractivity contribution in [2.45, 2.75) is 88.0 Å². The number of carbonyl (C=O) groups excluding carboxylic acids is 6. The number of hydrogen-bond acceptors (Lipinski definition) is 12. The minimum Gasteiger partial charge on any atom is -0.508 e. The molecule has 20 heteroatoms. The van der Waals surface area contributed by atoms with Gasteiger partial charge in [-0.25, -0.2) is 4.98 Å². The number of aromatic hydroxyl groups is 1. The van der Waals surface area contributed by atoms with Crippen molar-refractivity contribution < 1.29 is 33.9 Å². The molecule has 5 atom stereocenters. The van der Waals surface area contributed by atoms with E-state index in [-0.39, 0.29) is 63.3 Å². The Morgan fingerprint density at radius 3 is 2.07 bits per heavy atom. The fourth-order valence-corrected chi connectivity index (χ4v) is 6.16. The standard InChI is InChI=1S/C40H59N13O7/c41-15-5-4-9-30(43)37(58)53-33(18-25-7-2-1-3-8-25)39(60)52-31(10-6-16-47-40(44)45)38(59)50-27(17-26-11-13-29(54)14-12-26)20-34(55)32(19-28-22-46-24-49-28)51-36(57)23-48-35(56)21-42/h1-3,7-8,11-14,22,24,27,30-33,54H,4-6,9-10,15-21,23,41-43H2,(H,46,49)(H,48,56)(H,50,59)(H,51,57)(H,52,60)(H,53,58)(H4,44,45,47)/t27-,30-,31+,32?,33-/m0/s1. The number of carbonyl (C=O) groups is 6. The van der Waals surface area contributed by atoms with Crippen LogP contribution in [0, 0.1) is 0 Å². The zero-order valence-electron chi connectivity index (χ0n) is 33.6. The highest BCUT2D eigenvalue weighted by molar-refractivity contribution is 5.94. The van der Waals surface area contributed by atoms with Gasteiger partial charge in [0.15, 0.2) is 11.7 Å². The maximum atomic E-state index is 14.3. The Bertz CT molecular complexity index is 1840. The number of guanidine groups is 1. The van der Waals surface area contributed by atoms with Gasteiger partial charge in [0.1, 0.15) is 17.8 Å². The molecular weight excluding hydrogens is 775 g/mol. The number of ketones is 1. The summed E-state index contributed by atoms with van der Waals surface area (Å²) in [5.74, 6) is -3.65. The second kappa shape index (κ2) is 25.9. The lowest BCUT2D eigenvalue weighted by molar-refractivity contribution is -0.133. The van der Waals surface area contributed by atoms with E-state index in [9.17, 15) is 33.9 Å². The fourth-order valence-electron chi connectivity index (χ4n) is 6.16. The molecule has 0 saturated heterocycles. The Balaban J connectivity index is 1.90. The van der Waals surface area contributed by atoms with E-state index in [0.29, 0.717) is 37.1 Å². The molecule has 60 heavy (non-hydrogen) atoms. The van der Waals surface area contributed by atoms with Crippen LogP contribution < -0.4 is 55.3 Å². The van der Waals surface area contributed by atoms with Crippen LogP contribution in [-0.4, -0.2) is 113 Å². The number of aromatic amines is 1. The summed E-state index contributed by atoms with van der Waals surface area (Å²) in [4.78, 5) is 91.0. The predicted molar refractivity (Wildman–Crippen MR) is 224 cm³/mol. The number of phenolic OH excluding ortho intramolecular Hbond substituents is 1. The summed E-state index contributed by atoms with van der Waals surface area (Å²) in [5, 5.41) is 23.4. The number of unbranched alkanes of at least 4 members (excludes halogenated alkanes) is 1. The van der Waals surface area contributed by atoms with Crippen LogP contribution in [0.15, 0.2) is 72.1 Å². The van der Waals surface area contributed by atoms with Crippen molar-refractivity contribution in [3.63, 3.8) is 0 Å². The van der Waals surface area contributed by atoms with Crippen molar-refractivity contribution in [1.82, 2.24) is 36.6 Å². The van der Waals surface area contributed by atoms with Crippen LogP contribution in [0.1, 0.15) is 55.3 Å². The predicted octanol–water partition coefficient (Wildman–Crippen LogP) is -2.37. The molecule has 5 amide bonds. The van der Waals surface area contributed by atoms with Crippen LogP contribution in [-0.2, 0) is 48.0 Å². The number of nitrogens with two attached hydrogens (primary N) is 5. The molecule has 1 unspecified atom stereocenters. The van der Waals surface area contributed by atoms with Gasteiger partial charge in [-0.1, -0.05) is 48.9 Å². The van der Waals surface area contributed by atoms with Crippen LogP contribution in [0.4, 0.5) is 0 Å². The Labute approximate surface area is 348 Å². The second-order valence-corrected chi connectivity index (χ2v) is 14.3. The van der Waals surface area contributed by atoms with Gasteiger partial charge in [0.25, 0.3) is 0 Å². The molecule has 2 aromatic carbocycles. The van der Waals surface area contributed by atoms with Crippen LogP contribution in [0.2, 0.25) is 0 Å². The number of phenols is 1. The van der Waals surface area contributed by atoms with E-state index in [2.05, 4.69) is 41.5 Å². The summed E-state index contributed by atoms with van der Waals surface area (Å²) >= 11 is 0. The largest absolute Gasteiger partial charge is 0.508 e. The minimum atomic E-state index is -1.19. The first-order valence-corrected chi connectivity index (χ1v) is 19.8. The van der Waals surface area contributed by atoms with E-state index < -0.39 is 72.1 Å². The van der Waals surface area contributed by atoms with Crippen molar-refractivity contribution in [3.05, 3.63) is 83.9 Å². The minimum absolute atomic E-state index is 0.0108. The number of H-pyrrole nitrogens is 1. The SMILES string of the molecule is NCCCC[C@H](N)C(=O)N[C@@H](Cc1ccccc1)C(=O)N[C@H](CCCN=C(N)N)C(=O)N[C@H](CC(=O)C(Cc1cnc[nH]1)NC(=O)CNC(=O)CN)Cc1ccc(O)cc1. The molecule has 0 fully saturated rings. The van der Waals surface area contributed by atoms with E-state index in [1.54, 1.807) is 36.4 Å². The molecule has 1 aromatic heterocycles. The highest BCUT2D eigenvalue weighted by Gasteiger charge is 2.31. The summed E-state index contributed by atoms with van der Waals surface area (Å²) in [5.41, 5.74) is 30.1. The molecule has 3 aromatic rings. The average molecular weight is 834 g/mol. The van der Waals surface area contributed by atoms with Crippen molar-refractivity contribution in [1.29, 1.82) is 0 Å². The lowest BCUT2D eigenvalue weighted by Gasteiger charge is -2.27. The van der Waals surface area contributed by atoms with Gasteiger partial charge in [-0.2, -0.15) is 0 Å². The van der Waals surface area contributed by atoms with Crippen LogP contribution in [0.3, 0.4) is 0 Å². The maximum absolute atomic E-state index is 14.3. The monoisotopic (exact) mass is 833 g/mol. The van der Waals surface area contributed by atoms with E-state index in [1.165, 1.54) is 24.7 Å². The Hall–Kier alpha value is -6.38. The molecule has 0 aliphatic heterocycles. The Kier molecular flexibility index (Phi) is 20.7. The third-order valence-electron chi connectivity index (χ3n) is 9.35. The van der Waals surface area contributed by atoms with Gasteiger partial charge in [0, 0.05) is 43.7 Å². The van der Waals surface area contributed by atoms with Crippen LogP contribution in [0.5, 0.6) is 5.75 Å². The topological polar surface area (TPSA) is 354 Å². The smallest absolute Gasteiger partial charge is 0.243 e. The van der Waals surface area contributed by atoms with Crippen LogP contribution >= 0.6 is 0 Å². The summed E-state index contributed by atoms with van der Waals surface area (Å²) in [7, 11) is 0. The summed E-state index contributed by atoms with van der Waals surface area (Å²) in [6, 6.07) is 10.0. The highest BCUT2D eigenvalue weighted by atomic mass is 16.3. The van der Waals surface area contributed by atoms with Gasteiger partial charge in [0.2, 0.25) is 29.5 Å². The quantitative estimate of drug-likeness (QED) is 0.0217. The zero-order chi connectivity index (χ0) is 43.9. The van der Waals surface area contributed by atoms with Gasteiger partial charge < -0.3 is 65.3 Å². The number of rotatable bonds is 27. The number of Topliss-reactive ketones (excluding diaryl/α,β-unsaturated/α-hetero) is 1. The van der Waals surface area contributed by atoms with E-state index in [1.807, 2.05) is 6.07 Å². The first-order valence-electron chi connectivity index (χ1n) is 19.8. The number of aromatic nitrogens is 2. The first-order chi connectivity index (χ1) is 28.8. The van der Waals surface area contributed by atoms with Gasteiger partial charge in [-0.3, -0.25) is 33.8 Å². The maximum Gasteiger partial charge on any atom is 0.243 e. The van der Waals surface area contributed by atoms with Gasteiger partial charge in [0.05, 0.1) is 31.5 Å². The number of benzene rings is 2. The lowest BCUT2D eigenvalue weighted by Crippen LogP contribution is -2.57. The molecule has 0 aliphatic rings. The number of imidazole rings is 1. The Morgan fingerprint density at radius 1 is 0.733 bits per heavy atom. The number of nitrogens with one attached hydrogen (secondary N) is 6. The average Bonchev–Trinajstić information content (AvgIpc) is 3.74. The molecule has 1 heterocycles.